The van der Waals surface area contributed by atoms with Gasteiger partial charge in [0.2, 0.25) is 0 Å². The van der Waals surface area contributed by atoms with Crippen LogP contribution in [0.2, 0.25) is 0 Å². The number of hydrogen-bond donors (Lipinski definition) is 3. The second-order valence-electron chi connectivity index (χ2n) is 6.93. The summed E-state index contributed by atoms with van der Waals surface area (Å²) in [5.41, 5.74) is 20.3. The SMILES string of the molecule is C.CC1=C[C@H](N)[C@@H](Br)C1.CC1=C[C@H](N)[C@@H](Cl)C1.CC1=C[C@H](N)[C@@H](F)C1. The number of nitrogens with two attached hydrogens (primary N) is 3. The Morgan fingerprint density at radius 1 is 0.880 bits per heavy atom. The molecule has 0 bridgehead atoms. The van der Waals surface area contributed by atoms with Crippen LogP contribution < -0.4 is 17.2 Å². The molecule has 3 aliphatic carbocycles. The maximum atomic E-state index is 12.4. The molecule has 0 aromatic heterocycles. The Labute approximate surface area is 166 Å². The Kier molecular flexibility index (Phi) is 11.4. The first-order chi connectivity index (χ1) is 11.1. The van der Waals surface area contributed by atoms with Crippen molar-refractivity contribution in [3.8, 4) is 0 Å². The van der Waals surface area contributed by atoms with Crippen molar-refractivity contribution in [3.63, 3.8) is 0 Å². The van der Waals surface area contributed by atoms with Crippen molar-refractivity contribution < 1.29 is 4.39 Å². The minimum Gasteiger partial charge on any atom is -0.324 e. The monoisotopic (exact) mass is 437 g/mol. The molecule has 6 heteroatoms. The minimum absolute atomic E-state index is 0. The lowest BCUT2D eigenvalue weighted by Crippen LogP contribution is -2.24. The Morgan fingerprint density at radius 3 is 1.44 bits per heavy atom. The van der Waals surface area contributed by atoms with Crippen molar-refractivity contribution in [2.24, 2.45) is 17.2 Å². The zero-order chi connectivity index (χ0) is 18.4. The fourth-order valence-electron chi connectivity index (χ4n) is 2.83. The van der Waals surface area contributed by atoms with Crippen LogP contribution in [0.25, 0.3) is 0 Å². The summed E-state index contributed by atoms with van der Waals surface area (Å²) < 4.78 is 12.4. The third-order valence-corrected chi connectivity index (χ3v) is 5.61. The van der Waals surface area contributed by atoms with Gasteiger partial charge in [-0.3, -0.25) is 0 Å². The molecule has 0 unspecified atom stereocenters. The van der Waals surface area contributed by atoms with Gasteiger partial charge in [-0.2, -0.15) is 0 Å². The molecule has 0 radical (unpaired) electrons. The molecule has 0 aromatic rings. The standard InChI is InChI=1S/C6H10BrN.C6H10ClN.C6H10FN.CH4/c3*1-4-2-5(7)6(8)3-4;/h3*3,5-6H,2,8H2,1H3;1H4/t3*5-,6-;/m000./s1. The molecule has 3 nitrogen and oxygen atoms in total. The zero-order valence-electron chi connectivity index (χ0n) is 14.7. The Bertz CT molecular complexity index is 436. The Hall–Kier alpha value is -0.200. The molecule has 3 rings (SSSR count). The Morgan fingerprint density at radius 2 is 1.32 bits per heavy atom. The zero-order valence-corrected chi connectivity index (χ0v) is 17.0. The van der Waals surface area contributed by atoms with E-state index >= 15 is 0 Å². The van der Waals surface area contributed by atoms with Crippen molar-refractivity contribution in [1.82, 2.24) is 0 Å². The summed E-state index contributed by atoms with van der Waals surface area (Å²) in [4.78, 5) is 0.488. The average Bonchev–Trinajstić information content (AvgIpc) is 3.01. The van der Waals surface area contributed by atoms with Gasteiger partial charge in [-0.15, -0.1) is 11.6 Å². The molecule has 25 heavy (non-hydrogen) atoms. The van der Waals surface area contributed by atoms with Gasteiger partial charge in [0.25, 0.3) is 0 Å². The lowest BCUT2D eigenvalue weighted by Gasteiger charge is -2.03. The quantitative estimate of drug-likeness (QED) is 0.389. The average molecular weight is 439 g/mol. The maximum absolute atomic E-state index is 12.4. The van der Waals surface area contributed by atoms with Crippen LogP contribution in [-0.4, -0.2) is 34.5 Å². The van der Waals surface area contributed by atoms with Crippen molar-refractivity contribution in [3.05, 3.63) is 34.9 Å². The van der Waals surface area contributed by atoms with E-state index in [-0.39, 0.29) is 30.9 Å². The van der Waals surface area contributed by atoms with Gasteiger partial charge < -0.3 is 17.2 Å². The summed E-state index contributed by atoms with van der Waals surface area (Å²) in [5.74, 6) is 0. The van der Waals surface area contributed by atoms with E-state index in [1.165, 1.54) is 11.1 Å². The smallest absolute Gasteiger partial charge is 0.122 e. The second-order valence-corrected chi connectivity index (χ2v) is 8.67. The topological polar surface area (TPSA) is 78.1 Å². The van der Waals surface area contributed by atoms with Gasteiger partial charge in [0.15, 0.2) is 0 Å². The van der Waals surface area contributed by atoms with E-state index in [0.29, 0.717) is 11.2 Å². The molecule has 0 aromatic carbocycles. The van der Waals surface area contributed by atoms with Gasteiger partial charge in [0.05, 0.1) is 11.4 Å². The Balaban J connectivity index is 0.000000339. The molecule has 146 valence electrons. The number of hydrogen-bond acceptors (Lipinski definition) is 3. The predicted octanol–water partition coefficient (Wildman–Crippen LogP) is 4.34. The fraction of sp³-hybridized carbons (Fsp3) is 0.684. The molecule has 6 N–H and O–H groups in total. The summed E-state index contributed by atoms with van der Waals surface area (Å²) in [7, 11) is 0. The molecular weight excluding hydrogens is 405 g/mol. The third kappa shape index (κ3) is 8.83. The molecule has 0 spiro atoms. The van der Waals surface area contributed by atoms with Gasteiger partial charge in [-0.05, 0) is 33.6 Å². The van der Waals surface area contributed by atoms with Crippen LogP contribution in [0.1, 0.15) is 47.5 Å². The van der Waals surface area contributed by atoms with Crippen LogP contribution >= 0.6 is 27.5 Å². The van der Waals surface area contributed by atoms with E-state index in [9.17, 15) is 4.39 Å². The highest BCUT2D eigenvalue weighted by atomic mass is 79.9. The first kappa shape index (κ1) is 24.8. The summed E-state index contributed by atoms with van der Waals surface area (Å²) >= 11 is 9.25. The lowest BCUT2D eigenvalue weighted by atomic mass is 10.2. The van der Waals surface area contributed by atoms with E-state index in [0.717, 1.165) is 18.4 Å². The van der Waals surface area contributed by atoms with Gasteiger partial charge in [-0.25, -0.2) is 4.39 Å². The van der Waals surface area contributed by atoms with E-state index in [2.05, 4.69) is 35.9 Å². The molecule has 0 amide bonds. The van der Waals surface area contributed by atoms with Crippen LogP contribution in [0.4, 0.5) is 4.39 Å². The highest BCUT2D eigenvalue weighted by Gasteiger charge is 2.21. The predicted molar refractivity (Wildman–Crippen MR) is 113 cm³/mol. The van der Waals surface area contributed by atoms with E-state index in [1.54, 1.807) is 6.08 Å². The molecule has 0 heterocycles. The maximum Gasteiger partial charge on any atom is 0.122 e. The van der Waals surface area contributed by atoms with Gasteiger partial charge in [0.1, 0.15) is 6.17 Å². The largest absolute Gasteiger partial charge is 0.324 e. The lowest BCUT2D eigenvalue weighted by molar-refractivity contribution is 0.322. The molecule has 0 saturated carbocycles. The van der Waals surface area contributed by atoms with Crippen molar-refractivity contribution in [2.45, 2.75) is 82.0 Å². The number of allylic oxidation sites excluding steroid dienone is 3. The van der Waals surface area contributed by atoms with Crippen LogP contribution in [0.15, 0.2) is 34.9 Å². The van der Waals surface area contributed by atoms with Crippen molar-refractivity contribution in [1.29, 1.82) is 0 Å². The van der Waals surface area contributed by atoms with Crippen LogP contribution in [0, 0.1) is 0 Å². The van der Waals surface area contributed by atoms with E-state index in [1.807, 2.05) is 13.0 Å². The van der Waals surface area contributed by atoms with E-state index in [4.69, 9.17) is 28.8 Å². The molecule has 0 saturated heterocycles. The molecular formula is C19H34BrClFN3. The summed E-state index contributed by atoms with van der Waals surface area (Å²) in [6.07, 6.45) is 7.70. The van der Waals surface area contributed by atoms with Crippen molar-refractivity contribution in [2.75, 3.05) is 0 Å². The first-order valence-corrected chi connectivity index (χ1v) is 9.66. The number of alkyl halides is 3. The first-order valence-electron chi connectivity index (χ1n) is 8.31. The summed E-state index contributed by atoms with van der Waals surface area (Å²) in [6, 6.07) is 0.00154. The highest BCUT2D eigenvalue weighted by Crippen LogP contribution is 2.23. The minimum atomic E-state index is -0.824. The highest BCUT2D eigenvalue weighted by molar-refractivity contribution is 9.09. The number of rotatable bonds is 0. The summed E-state index contributed by atoms with van der Waals surface area (Å²) in [6.45, 7) is 6.07. The van der Waals surface area contributed by atoms with Crippen LogP contribution in [0.3, 0.4) is 0 Å². The van der Waals surface area contributed by atoms with Crippen molar-refractivity contribution >= 4 is 27.5 Å². The second kappa shape index (κ2) is 11.5. The van der Waals surface area contributed by atoms with Crippen LogP contribution in [-0.2, 0) is 0 Å². The molecule has 6 atom stereocenters. The molecule has 3 aliphatic rings. The third-order valence-electron chi connectivity index (χ3n) is 4.23. The fourth-order valence-corrected chi connectivity index (χ4v) is 3.81. The number of halogens is 3. The van der Waals surface area contributed by atoms with Gasteiger partial charge >= 0.3 is 0 Å². The van der Waals surface area contributed by atoms with Gasteiger partial charge in [-0.1, -0.05) is 58.3 Å². The van der Waals surface area contributed by atoms with Gasteiger partial charge in [0, 0.05) is 23.3 Å². The molecule has 0 aliphatic heterocycles. The summed E-state index contributed by atoms with van der Waals surface area (Å²) in [5, 5.41) is 0.148. The molecule has 0 fully saturated rings. The van der Waals surface area contributed by atoms with E-state index < -0.39 is 6.17 Å². The normalized spacial score (nSPS) is 36.1. The van der Waals surface area contributed by atoms with Crippen LogP contribution in [0.5, 0.6) is 0 Å².